The van der Waals surface area contributed by atoms with Gasteiger partial charge < -0.3 is 9.64 Å². The van der Waals surface area contributed by atoms with Crippen LogP contribution in [0, 0.1) is 12.8 Å². The Hall–Kier alpha value is -2.18. The predicted molar refractivity (Wildman–Crippen MR) is 121 cm³/mol. The molecule has 0 aliphatic heterocycles. The van der Waals surface area contributed by atoms with Crippen LogP contribution in [-0.2, 0) is 13.2 Å². The molecular weight excluding hydrogens is 448 g/mol. The first kappa shape index (κ1) is 21.5. The highest BCUT2D eigenvalue weighted by Crippen LogP contribution is 2.19. The maximum absolute atomic E-state index is 13.0. The summed E-state index contributed by atoms with van der Waals surface area (Å²) in [4.78, 5) is 19.6. The molecule has 3 aromatic rings. The van der Waals surface area contributed by atoms with Gasteiger partial charge in [-0.2, -0.15) is 0 Å². The number of thiazole rings is 1. The number of benzene rings is 2. The molecule has 0 aliphatic carbocycles. The van der Waals surface area contributed by atoms with Crippen LogP contribution in [0.3, 0.4) is 0 Å². The number of halogens is 1. The highest BCUT2D eigenvalue weighted by Gasteiger charge is 2.19. The van der Waals surface area contributed by atoms with Crippen LogP contribution in [-0.4, -0.2) is 22.3 Å². The molecule has 0 bridgehead atoms. The van der Waals surface area contributed by atoms with Gasteiger partial charge >= 0.3 is 0 Å². The molecule has 1 heterocycles. The lowest BCUT2D eigenvalue weighted by Gasteiger charge is -2.24. The van der Waals surface area contributed by atoms with Crippen molar-refractivity contribution in [2.75, 3.05) is 6.54 Å². The fourth-order valence-corrected chi connectivity index (χ4v) is 4.02. The van der Waals surface area contributed by atoms with Gasteiger partial charge in [0.15, 0.2) is 0 Å². The average Bonchev–Trinajstić information content (AvgIpc) is 3.13. The molecule has 0 atom stereocenters. The zero-order valence-electron chi connectivity index (χ0n) is 16.9. The summed E-state index contributed by atoms with van der Waals surface area (Å²) < 4.78 is 6.72. The van der Waals surface area contributed by atoms with Crippen LogP contribution in [0.2, 0.25) is 0 Å². The summed E-state index contributed by atoms with van der Waals surface area (Å²) in [6.45, 7) is 7.88. The molecule has 152 valence electrons. The Morgan fingerprint density at radius 2 is 1.97 bits per heavy atom. The third kappa shape index (κ3) is 6.41. The van der Waals surface area contributed by atoms with Crippen LogP contribution in [0.15, 0.2) is 58.4 Å². The highest BCUT2D eigenvalue weighted by molar-refractivity contribution is 9.10. The molecule has 0 N–H and O–H groups in total. The lowest BCUT2D eigenvalue weighted by Crippen LogP contribution is -2.33. The first-order valence-corrected chi connectivity index (χ1v) is 11.3. The van der Waals surface area contributed by atoms with E-state index in [0.717, 1.165) is 20.9 Å². The number of aromatic nitrogens is 1. The van der Waals surface area contributed by atoms with E-state index in [0.29, 0.717) is 31.2 Å². The molecule has 0 saturated carbocycles. The number of carbonyl (C=O) groups is 1. The van der Waals surface area contributed by atoms with Crippen molar-refractivity contribution in [1.29, 1.82) is 0 Å². The monoisotopic (exact) mass is 472 g/mol. The van der Waals surface area contributed by atoms with Gasteiger partial charge in [0.05, 0.1) is 12.2 Å². The molecule has 1 aromatic heterocycles. The molecule has 4 nitrogen and oxygen atoms in total. The third-order valence-corrected chi connectivity index (χ3v) is 5.64. The van der Waals surface area contributed by atoms with Crippen molar-refractivity contribution in [3.05, 3.63) is 80.2 Å². The van der Waals surface area contributed by atoms with Crippen LogP contribution in [0.5, 0.6) is 5.75 Å². The Labute approximate surface area is 184 Å². The van der Waals surface area contributed by atoms with Crippen LogP contribution >= 0.6 is 27.3 Å². The number of rotatable bonds is 8. The summed E-state index contributed by atoms with van der Waals surface area (Å²) in [6.07, 6.45) is 0. The van der Waals surface area contributed by atoms with Crippen LogP contribution in [0.4, 0.5) is 0 Å². The quantitative estimate of drug-likeness (QED) is 0.398. The van der Waals surface area contributed by atoms with E-state index in [2.05, 4.69) is 41.7 Å². The van der Waals surface area contributed by atoms with Gasteiger partial charge in [0.2, 0.25) is 0 Å². The maximum Gasteiger partial charge on any atom is 0.254 e. The first-order valence-electron chi connectivity index (χ1n) is 9.58. The Morgan fingerprint density at radius 3 is 2.66 bits per heavy atom. The average molecular weight is 473 g/mol. The first-order chi connectivity index (χ1) is 13.9. The maximum atomic E-state index is 13.0. The molecule has 0 saturated heterocycles. The van der Waals surface area contributed by atoms with E-state index in [-0.39, 0.29) is 5.91 Å². The minimum absolute atomic E-state index is 0.0189. The fraction of sp³-hybridized carbons (Fsp3) is 0.304. The summed E-state index contributed by atoms with van der Waals surface area (Å²) in [6, 6.07) is 15.5. The van der Waals surface area contributed by atoms with Crippen LogP contribution in [0.25, 0.3) is 0 Å². The number of nitrogens with zero attached hydrogens (tertiary/aromatic N) is 2. The largest absolute Gasteiger partial charge is 0.486 e. The molecule has 0 unspecified atom stereocenters. The molecule has 0 spiro atoms. The van der Waals surface area contributed by atoms with Crippen molar-refractivity contribution in [3.8, 4) is 5.75 Å². The molecule has 0 aliphatic rings. The third-order valence-electron chi connectivity index (χ3n) is 4.28. The molecule has 29 heavy (non-hydrogen) atoms. The molecule has 2 aromatic carbocycles. The molecular formula is C23H25BrN2O2S. The second-order valence-electron chi connectivity index (χ2n) is 7.42. The number of aryl methyl sites for hydroxylation is 1. The van der Waals surface area contributed by atoms with E-state index in [4.69, 9.17) is 4.74 Å². The number of hydrogen-bond donors (Lipinski definition) is 0. The number of carbonyl (C=O) groups excluding carboxylic acids is 1. The Balaban J connectivity index is 1.66. The molecule has 1 amide bonds. The van der Waals surface area contributed by atoms with Gasteiger partial charge in [-0.25, -0.2) is 4.98 Å². The Bertz CT molecular complexity index is 954. The zero-order chi connectivity index (χ0) is 20.8. The van der Waals surface area contributed by atoms with Crippen molar-refractivity contribution in [2.45, 2.75) is 33.9 Å². The van der Waals surface area contributed by atoms with Crippen LogP contribution in [0.1, 0.15) is 40.5 Å². The summed E-state index contributed by atoms with van der Waals surface area (Å²) >= 11 is 5.01. The number of ether oxygens (including phenoxy) is 1. The molecule has 0 radical (unpaired) electrons. The van der Waals surface area contributed by atoms with Crippen molar-refractivity contribution in [2.24, 2.45) is 5.92 Å². The van der Waals surface area contributed by atoms with Crippen LogP contribution < -0.4 is 4.74 Å². The van der Waals surface area contributed by atoms with Gasteiger partial charge in [-0.05, 0) is 43.2 Å². The van der Waals surface area contributed by atoms with E-state index >= 15 is 0 Å². The van der Waals surface area contributed by atoms with Gasteiger partial charge in [0.25, 0.3) is 5.91 Å². The molecule has 0 fully saturated rings. The summed E-state index contributed by atoms with van der Waals surface area (Å²) in [5, 5.41) is 2.91. The normalized spacial score (nSPS) is 10.9. The topological polar surface area (TPSA) is 42.4 Å². The SMILES string of the molecule is Cc1ccc(OCc2nc(CN(CC(C)C)C(=O)c3cccc(Br)c3)cs2)cc1. The van der Waals surface area contributed by atoms with E-state index in [1.165, 1.54) is 5.56 Å². The highest BCUT2D eigenvalue weighted by atomic mass is 79.9. The number of amides is 1. The van der Waals surface area contributed by atoms with Crippen molar-refractivity contribution < 1.29 is 9.53 Å². The number of hydrogen-bond acceptors (Lipinski definition) is 4. The molecule has 3 rings (SSSR count). The van der Waals surface area contributed by atoms with Crippen molar-refractivity contribution in [1.82, 2.24) is 9.88 Å². The van der Waals surface area contributed by atoms with E-state index in [1.807, 2.05) is 58.8 Å². The standard InChI is InChI=1S/C23H25BrN2O2S/c1-16(2)12-26(23(27)18-5-4-6-19(24)11-18)13-20-15-29-22(25-20)14-28-21-9-7-17(3)8-10-21/h4-11,15-16H,12-14H2,1-3H3. The minimum atomic E-state index is 0.0189. The Kier molecular flexibility index (Phi) is 7.45. The zero-order valence-corrected chi connectivity index (χ0v) is 19.3. The van der Waals surface area contributed by atoms with Crippen molar-refractivity contribution >= 4 is 33.2 Å². The second-order valence-corrected chi connectivity index (χ2v) is 9.28. The van der Waals surface area contributed by atoms with Gasteiger partial charge in [0.1, 0.15) is 17.4 Å². The van der Waals surface area contributed by atoms with Gasteiger partial charge in [-0.3, -0.25) is 4.79 Å². The van der Waals surface area contributed by atoms with E-state index in [9.17, 15) is 4.79 Å². The van der Waals surface area contributed by atoms with E-state index in [1.54, 1.807) is 11.3 Å². The van der Waals surface area contributed by atoms with Gasteiger partial charge in [-0.15, -0.1) is 11.3 Å². The Morgan fingerprint density at radius 1 is 1.21 bits per heavy atom. The predicted octanol–water partition coefficient (Wildman–Crippen LogP) is 6.09. The second kappa shape index (κ2) is 10.0. The van der Waals surface area contributed by atoms with Gasteiger partial charge in [-0.1, -0.05) is 53.5 Å². The molecule has 6 heteroatoms. The van der Waals surface area contributed by atoms with Gasteiger partial charge in [0, 0.05) is 22.0 Å². The smallest absolute Gasteiger partial charge is 0.254 e. The van der Waals surface area contributed by atoms with E-state index < -0.39 is 0 Å². The van der Waals surface area contributed by atoms with Crippen molar-refractivity contribution in [3.63, 3.8) is 0 Å². The fourth-order valence-electron chi connectivity index (χ4n) is 2.93. The summed E-state index contributed by atoms with van der Waals surface area (Å²) in [7, 11) is 0. The summed E-state index contributed by atoms with van der Waals surface area (Å²) in [5.41, 5.74) is 2.77. The lowest BCUT2D eigenvalue weighted by molar-refractivity contribution is 0.0720. The lowest BCUT2D eigenvalue weighted by atomic mass is 10.1. The minimum Gasteiger partial charge on any atom is -0.486 e. The summed E-state index contributed by atoms with van der Waals surface area (Å²) in [5.74, 6) is 1.22.